The van der Waals surface area contributed by atoms with Gasteiger partial charge in [0.05, 0.1) is 6.04 Å². The van der Waals surface area contributed by atoms with Crippen LogP contribution in [0.1, 0.15) is 23.6 Å². The minimum atomic E-state index is -0.885. The zero-order valence-electron chi connectivity index (χ0n) is 14.1. The summed E-state index contributed by atoms with van der Waals surface area (Å²) in [5.41, 5.74) is 1.19. The molecule has 0 saturated carbocycles. The summed E-state index contributed by atoms with van der Waals surface area (Å²) < 4.78 is 27.0. The smallest absolute Gasteiger partial charge is 0.223 e. The van der Waals surface area contributed by atoms with Crippen molar-refractivity contribution in [2.24, 2.45) is 0 Å². The Morgan fingerprint density at radius 2 is 2.00 bits per heavy atom. The van der Waals surface area contributed by atoms with Crippen molar-refractivity contribution in [2.75, 3.05) is 19.6 Å². The van der Waals surface area contributed by atoms with Gasteiger partial charge in [-0.25, -0.2) is 8.78 Å². The standard InChI is InChI=1S/C19H19ClF2N2O.ClH/c20-15-5-1-4-14(11-15)17-12-23-9-10-24(17)18(25)8-7-13-3-2-6-16(21)19(13)22;/h1-6,11,17,23H,7-10,12H2;1H. The summed E-state index contributed by atoms with van der Waals surface area (Å²) in [5.74, 6) is -1.83. The van der Waals surface area contributed by atoms with E-state index in [0.717, 1.165) is 11.6 Å². The molecule has 26 heavy (non-hydrogen) atoms. The molecule has 3 rings (SSSR count). The van der Waals surface area contributed by atoms with E-state index in [4.69, 9.17) is 11.6 Å². The van der Waals surface area contributed by atoms with Gasteiger partial charge in [0.2, 0.25) is 5.91 Å². The van der Waals surface area contributed by atoms with E-state index >= 15 is 0 Å². The number of nitrogens with one attached hydrogen (secondary N) is 1. The number of carbonyl (C=O) groups excluding carboxylic acids is 1. The lowest BCUT2D eigenvalue weighted by Crippen LogP contribution is -2.48. The highest BCUT2D eigenvalue weighted by Crippen LogP contribution is 2.25. The maximum atomic E-state index is 13.8. The van der Waals surface area contributed by atoms with Crippen LogP contribution in [0.4, 0.5) is 8.78 Å². The highest BCUT2D eigenvalue weighted by molar-refractivity contribution is 6.30. The van der Waals surface area contributed by atoms with E-state index < -0.39 is 11.6 Å². The van der Waals surface area contributed by atoms with Crippen molar-refractivity contribution >= 4 is 29.9 Å². The predicted molar refractivity (Wildman–Crippen MR) is 101 cm³/mol. The Morgan fingerprint density at radius 1 is 1.23 bits per heavy atom. The molecule has 2 aromatic carbocycles. The fraction of sp³-hybridized carbons (Fsp3) is 0.316. The van der Waals surface area contributed by atoms with E-state index in [-0.39, 0.29) is 42.8 Å². The van der Waals surface area contributed by atoms with Crippen LogP contribution in [0.25, 0.3) is 0 Å². The molecular weight excluding hydrogens is 381 g/mol. The number of hydrogen-bond donors (Lipinski definition) is 1. The van der Waals surface area contributed by atoms with E-state index in [1.807, 2.05) is 18.2 Å². The number of carbonyl (C=O) groups is 1. The molecule has 2 aromatic rings. The van der Waals surface area contributed by atoms with Gasteiger partial charge in [-0.2, -0.15) is 0 Å². The maximum absolute atomic E-state index is 13.8. The quantitative estimate of drug-likeness (QED) is 0.835. The largest absolute Gasteiger partial charge is 0.333 e. The second-order valence-electron chi connectivity index (χ2n) is 6.08. The highest BCUT2D eigenvalue weighted by Gasteiger charge is 2.27. The molecule has 1 aliphatic rings. The van der Waals surface area contributed by atoms with Gasteiger partial charge in [0.15, 0.2) is 11.6 Å². The van der Waals surface area contributed by atoms with Crippen molar-refractivity contribution in [1.29, 1.82) is 0 Å². The number of halogens is 4. The van der Waals surface area contributed by atoms with E-state index in [1.54, 1.807) is 11.0 Å². The number of nitrogens with zero attached hydrogens (tertiary/aromatic N) is 1. The van der Waals surface area contributed by atoms with Crippen molar-refractivity contribution in [3.8, 4) is 0 Å². The first kappa shape index (κ1) is 20.6. The van der Waals surface area contributed by atoms with Crippen molar-refractivity contribution < 1.29 is 13.6 Å². The van der Waals surface area contributed by atoms with Crippen molar-refractivity contribution in [3.05, 3.63) is 70.2 Å². The molecule has 1 atom stereocenters. The van der Waals surface area contributed by atoms with Crippen molar-refractivity contribution in [3.63, 3.8) is 0 Å². The summed E-state index contributed by atoms with van der Waals surface area (Å²) in [4.78, 5) is 14.5. The molecule has 1 unspecified atom stereocenters. The van der Waals surface area contributed by atoms with Crippen LogP contribution in [0, 0.1) is 11.6 Å². The Labute approximate surface area is 162 Å². The molecule has 1 amide bonds. The summed E-state index contributed by atoms with van der Waals surface area (Å²) in [6, 6.07) is 11.4. The first-order valence-corrected chi connectivity index (χ1v) is 8.62. The van der Waals surface area contributed by atoms with Gasteiger partial charge in [0.1, 0.15) is 0 Å². The topological polar surface area (TPSA) is 32.3 Å². The van der Waals surface area contributed by atoms with Gasteiger partial charge in [0.25, 0.3) is 0 Å². The monoisotopic (exact) mass is 400 g/mol. The third kappa shape index (κ3) is 4.72. The molecule has 1 aliphatic heterocycles. The molecule has 140 valence electrons. The average Bonchev–Trinajstić information content (AvgIpc) is 2.63. The van der Waals surface area contributed by atoms with Crippen molar-refractivity contribution in [2.45, 2.75) is 18.9 Å². The number of amides is 1. The first-order chi connectivity index (χ1) is 12.1. The van der Waals surface area contributed by atoms with Crippen molar-refractivity contribution in [1.82, 2.24) is 10.2 Å². The molecule has 3 nitrogen and oxygen atoms in total. The van der Waals surface area contributed by atoms with E-state index in [9.17, 15) is 13.6 Å². The first-order valence-electron chi connectivity index (χ1n) is 8.25. The Hall–Kier alpha value is -1.69. The second kappa shape index (κ2) is 9.31. The fourth-order valence-corrected chi connectivity index (χ4v) is 3.34. The van der Waals surface area contributed by atoms with Crippen LogP contribution >= 0.6 is 24.0 Å². The highest BCUT2D eigenvalue weighted by atomic mass is 35.5. The molecule has 7 heteroatoms. The lowest BCUT2D eigenvalue weighted by molar-refractivity contribution is -0.134. The SMILES string of the molecule is Cl.O=C(CCc1cccc(F)c1F)N1CCNCC1c1cccc(Cl)c1. The molecule has 0 bridgehead atoms. The number of rotatable bonds is 4. The normalized spacial score (nSPS) is 16.9. The molecule has 1 saturated heterocycles. The predicted octanol–water partition coefficient (Wildman–Crippen LogP) is 4.15. The molecule has 1 heterocycles. The number of hydrogen-bond acceptors (Lipinski definition) is 2. The Kier molecular flexibility index (Phi) is 7.38. The zero-order chi connectivity index (χ0) is 17.8. The Morgan fingerprint density at radius 3 is 2.77 bits per heavy atom. The molecule has 0 radical (unpaired) electrons. The summed E-state index contributed by atoms with van der Waals surface area (Å²) in [6.45, 7) is 1.92. The third-order valence-electron chi connectivity index (χ3n) is 4.44. The van der Waals surface area contributed by atoms with Crippen LogP contribution in [0.15, 0.2) is 42.5 Å². The van der Waals surface area contributed by atoms with Gasteiger partial charge < -0.3 is 10.2 Å². The maximum Gasteiger partial charge on any atom is 0.223 e. The van der Waals surface area contributed by atoms with E-state index in [0.29, 0.717) is 24.7 Å². The lowest BCUT2D eigenvalue weighted by atomic mass is 10.0. The summed E-state index contributed by atoms with van der Waals surface area (Å²) in [6.07, 6.45) is 0.312. The summed E-state index contributed by atoms with van der Waals surface area (Å²) in [5, 5.41) is 3.90. The van der Waals surface area contributed by atoms with Gasteiger partial charge in [-0.1, -0.05) is 35.9 Å². The third-order valence-corrected chi connectivity index (χ3v) is 4.67. The molecule has 0 spiro atoms. The summed E-state index contributed by atoms with van der Waals surface area (Å²) in [7, 11) is 0. The van der Waals surface area contributed by atoms with Gasteiger partial charge in [-0.3, -0.25) is 4.79 Å². The number of benzene rings is 2. The van der Waals surface area contributed by atoms with Crippen LogP contribution in [0.2, 0.25) is 5.02 Å². The minimum absolute atomic E-state index is 0. The molecular formula is C19H20Cl2F2N2O. The second-order valence-corrected chi connectivity index (χ2v) is 6.51. The fourth-order valence-electron chi connectivity index (χ4n) is 3.14. The zero-order valence-corrected chi connectivity index (χ0v) is 15.6. The van der Waals surface area contributed by atoms with Gasteiger partial charge >= 0.3 is 0 Å². The lowest BCUT2D eigenvalue weighted by Gasteiger charge is -2.36. The van der Waals surface area contributed by atoms with Crippen LogP contribution < -0.4 is 5.32 Å². The Balaban J connectivity index is 0.00000243. The van der Waals surface area contributed by atoms with Crippen LogP contribution in [-0.2, 0) is 11.2 Å². The van der Waals surface area contributed by atoms with Gasteiger partial charge in [-0.05, 0) is 35.7 Å². The van der Waals surface area contributed by atoms with Crippen LogP contribution in [0.3, 0.4) is 0 Å². The summed E-state index contributed by atoms with van der Waals surface area (Å²) >= 11 is 6.06. The van der Waals surface area contributed by atoms with Gasteiger partial charge in [0, 0.05) is 31.1 Å². The number of aryl methyl sites for hydroxylation is 1. The van der Waals surface area contributed by atoms with E-state index in [2.05, 4.69) is 5.32 Å². The average molecular weight is 401 g/mol. The van der Waals surface area contributed by atoms with Gasteiger partial charge in [-0.15, -0.1) is 12.4 Å². The Bertz CT molecular complexity index is 773. The minimum Gasteiger partial charge on any atom is -0.333 e. The molecule has 0 aliphatic carbocycles. The number of piperazine rings is 1. The van der Waals surface area contributed by atoms with Crippen LogP contribution in [0.5, 0.6) is 0 Å². The molecule has 1 fully saturated rings. The van der Waals surface area contributed by atoms with E-state index in [1.165, 1.54) is 12.1 Å². The molecule has 0 aromatic heterocycles. The molecule has 1 N–H and O–H groups in total. The van der Waals surface area contributed by atoms with Crippen LogP contribution in [-0.4, -0.2) is 30.4 Å².